The largest absolute Gasteiger partial charge is 0.458 e. The van der Waals surface area contributed by atoms with Crippen LogP contribution in [0.5, 0.6) is 46.0 Å². The minimum Gasteiger partial charge on any atom is -0.458 e. The molecule has 0 aliphatic carbocycles. The van der Waals surface area contributed by atoms with Crippen molar-refractivity contribution in [3.63, 3.8) is 0 Å². The zero-order chi connectivity index (χ0) is 40.2. The van der Waals surface area contributed by atoms with E-state index in [1.54, 1.807) is 0 Å². The number of nitrogens with zero attached hydrogens (tertiary/aromatic N) is 2. The SMILES string of the molecule is c1ccc(-n2c3ccccc3c3c4c5c(cc32)Oc2ccccc2B5c2cc3c(cc2O4)Oc2c4c(cc5c2c2ccccc2n5-c2ccccc2)Oc2ccccc2B34)cc1. The number of para-hydroxylation sites is 6. The molecule has 9 aromatic carbocycles. The van der Waals surface area contributed by atoms with Gasteiger partial charge in [0.05, 0.1) is 32.8 Å². The smallest absolute Gasteiger partial charge is 0.260 e. The molecule has 15 rings (SSSR count). The molecule has 0 fully saturated rings. The Balaban J connectivity index is 1.02. The molecule has 6 nitrogen and oxygen atoms in total. The van der Waals surface area contributed by atoms with Crippen LogP contribution in [-0.4, -0.2) is 22.6 Å². The molecular formula is C54H30B2N2O4. The normalized spacial score (nSPS) is 13.6. The second-order valence-electron chi connectivity index (χ2n) is 16.7. The van der Waals surface area contributed by atoms with E-state index in [9.17, 15) is 0 Å². The Morgan fingerprint density at radius 3 is 1.21 bits per heavy atom. The number of rotatable bonds is 2. The van der Waals surface area contributed by atoms with Gasteiger partial charge in [0, 0.05) is 51.3 Å². The second kappa shape index (κ2) is 11.8. The van der Waals surface area contributed by atoms with Gasteiger partial charge >= 0.3 is 0 Å². The van der Waals surface area contributed by atoms with Crippen molar-refractivity contribution in [1.82, 2.24) is 9.13 Å². The lowest BCUT2D eigenvalue weighted by Crippen LogP contribution is -2.61. The first kappa shape index (κ1) is 32.7. The maximum absolute atomic E-state index is 7.36. The topological polar surface area (TPSA) is 46.8 Å². The molecule has 0 atom stereocenters. The lowest BCUT2D eigenvalue weighted by molar-refractivity contribution is 0.456. The summed E-state index contributed by atoms with van der Waals surface area (Å²) in [5, 5.41) is 4.36. The second-order valence-corrected chi connectivity index (χ2v) is 16.7. The molecule has 2 aromatic heterocycles. The van der Waals surface area contributed by atoms with E-state index in [0.717, 1.165) is 134 Å². The Hall–Kier alpha value is -8.09. The lowest BCUT2D eigenvalue weighted by Gasteiger charge is -2.37. The lowest BCUT2D eigenvalue weighted by atomic mass is 9.31. The molecule has 0 spiro atoms. The fourth-order valence-electron chi connectivity index (χ4n) is 11.1. The summed E-state index contributed by atoms with van der Waals surface area (Å²) in [6.07, 6.45) is 0. The molecule has 0 radical (unpaired) electrons. The van der Waals surface area contributed by atoms with Gasteiger partial charge in [-0.2, -0.15) is 0 Å². The monoisotopic (exact) mass is 792 g/mol. The minimum absolute atomic E-state index is 0.149. The van der Waals surface area contributed by atoms with Gasteiger partial charge in [0.2, 0.25) is 0 Å². The molecule has 0 amide bonds. The average Bonchev–Trinajstić information content (AvgIpc) is 3.84. The van der Waals surface area contributed by atoms with Gasteiger partial charge in [-0.15, -0.1) is 0 Å². The van der Waals surface area contributed by atoms with Gasteiger partial charge in [-0.3, -0.25) is 0 Å². The van der Waals surface area contributed by atoms with Gasteiger partial charge < -0.3 is 28.1 Å². The maximum atomic E-state index is 7.36. The molecule has 286 valence electrons. The highest BCUT2D eigenvalue weighted by atomic mass is 16.5. The van der Waals surface area contributed by atoms with Crippen molar-refractivity contribution >= 4 is 89.8 Å². The van der Waals surface area contributed by atoms with Crippen LogP contribution in [0.4, 0.5) is 0 Å². The predicted octanol–water partition coefficient (Wildman–Crippen LogP) is 9.34. The Kier molecular flexibility index (Phi) is 6.23. The summed E-state index contributed by atoms with van der Waals surface area (Å²) in [6, 6.07) is 64.1. The molecule has 8 heteroatoms. The van der Waals surface area contributed by atoms with Gasteiger partial charge in [-0.1, -0.05) is 115 Å². The van der Waals surface area contributed by atoms with Crippen LogP contribution in [0.2, 0.25) is 0 Å². The van der Waals surface area contributed by atoms with Crippen molar-refractivity contribution in [2.24, 2.45) is 0 Å². The molecule has 4 aliphatic heterocycles. The van der Waals surface area contributed by atoms with Gasteiger partial charge in [0.25, 0.3) is 13.4 Å². The number of aromatic nitrogens is 2. The van der Waals surface area contributed by atoms with E-state index in [0.29, 0.717) is 0 Å². The maximum Gasteiger partial charge on any atom is 0.260 e. The fraction of sp³-hybridized carbons (Fsp3) is 0. The van der Waals surface area contributed by atoms with Gasteiger partial charge in [0.15, 0.2) is 0 Å². The molecular weight excluding hydrogens is 762 g/mol. The summed E-state index contributed by atoms with van der Waals surface area (Å²) in [5.41, 5.74) is 12.9. The van der Waals surface area contributed by atoms with Crippen LogP contribution in [-0.2, 0) is 0 Å². The molecule has 62 heavy (non-hydrogen) atoms. The van der Waals surface area contributed by atoms with Crippen LogP contribution in [0.15, 0.2) is 182 Å². The van der Waals surface area contributed by atoms with Crippen molar-refractivity contribution in [2.45, 2.75) is 0 Å². The van der Waals surface area contributed by atoms with Crippen LogP contribution in [0, 0.1) is 0 Å². The van der Waals surface area contributed by atoms with Crippen molar-refractivity contribution in [1.29, 1.82) is 0 Å². The molecule has 0 saturated heterocycles. The fourth-order valence-corrected chi connectivity index (χ4v) is 11.1. The van der Waals surface area contributed by atoms with Crippen molar-refractivity contribution in [2.75, 3.05) is 0 Å². The third-order valence-corrected chi connectivity index (χ3v) is 13.5. The van der Waals surface area contributed by atoms with Crippen molar-refractivity contribution in [3.8, 4) is 57.4 Å². The van der Waals surface area contributed by atoms with Gasteiger partial charge in [-0.25, -0.2) is 0 Å². The van der Waals surface area contributed by atoms with Crippen LogP contribution >= 0.6 is 0 Å². The average molecular weight is 792 g/mol. The summed E-state index contributed by atoms with van der Waals surface area (Å²) in [7, 11) is 0. The Morgan fingerprint density at radius 1 is 0.306 bits per heavy atom. The van der Waals surface area contributed by atoms with E-state index in [1.807, 2.05) is 0 Å². The minimum atomic E-state index is -0.149. The molecule has 11 aromatic rings. The van der Waals surface area contributed by atoms with Crippen LogP contribution < -0.4 is 51.7 Å². The molecule has 0 N–H and O–H groups in total. The van der Waals surface area contributed by atoms with E-state index in [-0.39, 0.29) is 13.4 Å². The molecule has 4 aliphatic rings. The Labute approximate surface area is 355 Å². The van der Waals surface area contributed by atoms with Crippen molar-refractivity contribution < 1.29 is 18.9 Å². The summed E-state index contributed by atoms with van der Waals surface area (Å²) in [5.74, 6) is 6.49. The number of hydrogen-bond donors (Lipinski definition) is 0. The number of ether oxygens (including phenoxy) is 4. The highest BCUT2D eigenvalue weighted by molar-refractivity contribution is 7.01. The van der Waals surface area contributed by atoms with Gasteiger partial charge in [0.1, 0.15) is 46.0 Å². The highest BCUT2D eigenvalue weighted by Gasteiger charge is 2.46. The van der Waals surface area contributed by atoms with E-state index in [4.69, 9.17) is 18.9 Å². The van der Waals surface area contributed by atoms with Crippen LogP contribution in [0.3, 0.4) is 0 Å². The van der Waals surface area contributed by atoms with Crippen LogP contribution in [0.1, 0.15) is 0 Å². The first-order valence-electron chi connectivity index (χ1n) is 21.1. The molecule has 0 saturated carbocycles. The molecule has 6 heterocycles. The van der Waals surface area contributed by atoms with E-state index < -0.39 is 0 Å². The van der Waals surface area contributed by atoms with Gasteiger partial charge in [-0.05, 0) is 70.4 Å². The highest BCUT2D eigenvalue weighted by Crippen LogP contribution is 2.48. The van der Waals surface area contributed by atoms with E-state index >= 15 is 0 Å². The zero-order valence-corrected chi connectivity index (χ0v) is 33.0. The summed E-state index contributed by atoms with van der Waals surface area (Å²) in [6.45, 7) is -0.297. The zero-order valence-electron chi connectivity index (χ0n) is 33.0. The number of fused-ring (bicyclic) bond motifs is 16. The Bertz CT molecular complexity index is 3540. The van der Waals surface area contributed by atoms with E-state index in [2.05, 4.69) is 191 Å². The Morgan fingerprint density at radius 2 is 0.726 bits per heavy atom. The summed E-state index contributed by atoms with van der Waals surface area (Å²) >= 11 is 0. The third kappa shape index (κ3) is 4.16. The third-order valence-electron chi connectivity index (χ3n) is 13.5. The number of hydrogen-bond acceptors (Lipinski definition) is 4. The van der Waals surface area contributed by atoms with E-state index in [1.165, 1.54) is 0 Å². The quantitative estimate of drug-likeness (QED) is 0.164. The van der Waals surface area contributed by atoms with Crippen molar-refractivity contribution in [3.05, 3.63) is 182 Å². The summed E-state index contributed by atoms with van der Waals surface area (Å²) in [4.78, 5) is 0. The first-order valence-corrected chi connectivity index (χ1v) is 21.1. The molecule has 0 unspecified atom stereocenters. The summed E-state index contributed by atoms with van der Waals surface area (Å²) < 4.78 is 33.1. The standard InChI is InChI=1S/C54H30B2N2O4/c1-3-15-31(16-4-1)57-39-23-11-7-19-33(39)49-41(57)28-47-51-53(49)61-45-30-46-38(27-37(45)55(51)35-21-9-13-25-43(35)59-47)56-36-22-10-14-26-44(36)60-48-29-42-50(54(62-46)52(48)56)34-20-8-12-24-40(34)58(42)32-17-5-2-6-18-32/h1-30H. The first-order chi connectivity index (χ1) is 30.8. The number of benzene rings is 9. The molecule has 0 bridgehead atoms. The van der Waals surface area contributed by atoms with Crippen LogP contribution in [0.25, 0.3) is 55.0 Å². The predicted molar refractivity (Wildman–Crippen MR) is 250 cm³/mol.